The Kier molecular flexibility index (Phi) is 6.22. The van der Waals surface area contributed by atoms with Crippen LogP contribution in [0, 0.1) is 0 Å². The number of fused-ring (bicyclic) bond motifs is 3. The highest BCUT2D eigenvalue weighted by Crippen LogP contribution is 2.46. The van der Waals surface area contributed by atoms with Crippen LogP contribution in [0.4, 0.5) is 0 Å². The van der Waals surface area contributed by atoms with Gasteiger partial charge in [0, 0.05) is 22.6 Å². The fraction of sp³-hybridized carbons (Fsp3) is 0.148. The molecule has 3 N–H and O–H groups in total. The first-order valence-corrected chi connectivity index (χ1v) is 11.5. The maximum absolute atomic E-state index is 13.5. The van der Waals surface area contributed by atoms with Crippen LogP contribution in [0.5, 0.6) is 23.0 Å². The molecule has 37 heavy (non-hydrogen) atoms. The normalized spacial score (nSPS) is 14.6. The van der Waals surface area contributed by atoms with Crippen molar-refractivity contribution in [2.75, 3.05) is 13.7 Å². The number of hydrogen-bond donors (Lipinski definition) is 2. The number of carbonyl (C=O) groups excluding carboxylic acids is 2. The Bertz CT molecular complexity index is 1610. The molecule has 5 rings (SSSR count). The fourth-order valence-corrected chi connectivity index (χ4v) is 4.54. The zero-order valence-electron chi connectivity index (χ0n) is 19.4. The highest BCUT2D eigenvalue weighted by Gasteiger charge is 2.34. The number of methoxy groups -OCH3 is 1. The molecule has 188 valence electrons. The molecule has 2 heterocycles. The van der Waals surface area contributed by atoms with Crippen molar-refractivity contribution in [1.29, 1.82) is 0 Å². The Morgan fingerprint density at radius 3 is 2.59 bits per heavy atom. The van der Waals surface area contributed by atoms with Crippen molar-refractivity contribution in [2.45, 2.75) is 12.3 Å². The predicted octanol–water partition coefficient (Wildman–Crippen LogP) is 4.13. The number of phenolic OH excluding ortho intramolecular Hbond substituents is 1. The minimum atomic E-state index is -0.668. The van der Waals surface area contributed by atoms with Gasteiger partial charge in [0.05, 0.1) is 19.1 Å². The number of benzene rings is 3. The van der Waals surface area contributed by atoms with Crippen molar-refractivity contribution >= 4 is 34.4 Å². The van der Waals surface area contributed by atoms with Gasteiger partial charge >= 0.3 is 5.97 Å². The van der Waals surface area contributed by atoms with E-state index < -0.39 is 23.2 Å². The summed E-state index contributed by atoms with van der Waals surface area (Å²) in [4.78, 5) is 37.2. The third-order valence-electron chi connectivity index (χ3n) is 6.09. The molecule has 0 saturated heterocycles. The summed E-state index contributed by atoms with van der Waals surface area (Å²) in [7, 11) is 1.45. The SMILES string of the molecule is COc1ccc(C2CC(=O)Oc3cc(O)c4c(=O)c(-c5ccc(Cl)cc5)coc4c32)cc1OCC(N)=O. The van der Waals surface area contributed by atoms with Crippen molar-refractivity contribution in [3.63, 3.8) is 0 Å². The number of primary amides is 1. The lowest BCUT2D eigenvalue weighted by molar-refractivity contribution is -0.135. The van der Waals surface area contributed by atoms with Crippen molar-refractivity contribution < 1.29 is 33.3 Å². The average Bonchev–Trinajstić information content (AvgIpc) is 2.87. The van der Waals surface area contributed by atoms with E-state index in [9.17, 15) is 19.5 Å². The number of ether oxygens (including phenoxy) is 3. The van der Waals surface area contributed by atoms with Crippen LogP contribution in [0.25, 0.3) is 22.1 Å². The highest BCUT2D eigenvalue weighted by atomic mass is 35.5. The number of carbonyl (C=O) groups is 2. The summed E-state index contributed by atoms with van der Waals surface area (Å²) in [6.07, 6.45) is 1.23. The van der Waals surface area contributed by atoms with Gasteiger partial charge in [0.15, 0.2) is 18.1 Å². The smallest absolute Gasteiger partial charge is 0.312 e. The Morgan fingerprint density at radius 1 is 1.14 bits per heavy atom. The molecule has 1 aliphatic rings. The van der Waals surface area contributed by atoms with Gasteiger partial charge in [-0.25, -0.2) is 0 Å². The Balaban J connectivity index is 1.69. The van der Waals surface area contributed by atoms with Crippen molar-refractivity contribution in [3.05, 3.63) is 81.2 Å². The van der Waals surface area contributed by atoms with Crippen molar-refractivity contribution in [2.24, 2.45) is 5.73 Å². The van der Waals surface area contributed by atoms with Gasteiger partial charge in [-0.1, -0.05) is 29.8 Å². The van der Waals surface area contributed by atoms with Crippen molar-refractivity contribution in [3.8, 4) is 34.1 Å². The number of hydrogen-bond acceptors (Lipinski definition) is 8. The van der Waals surface area contributed by atoms with Gasteiger partial charge in [-0.05, 0) is 35.4 Å². The van der Waals surface area contributed by atoms with Crippen molar-refractivity contribution in [1.82, 2.24) is 0 Å². The topological polar surface area (TPSA) is 138 Å². The fourth-order valence-electron chi connectivity index (χ4n) is 4.42. The van der Waals surface area contributed by atoms with E-state index in [1.807, 2.05) is 0 Å². The van der Waals surface area contributed by atoms with E-state index in [0.717, 1.165) is 0 Å². The number of esters is 1. The van der Waals surface area contributed by atoms with Gasteiger partial charge in [-0.15, -0.1) is 0 Å². The van der Waals surface area contributed by atoms with E-state index in [1.54, 1.807) is 42.5 Å². The van der Waals surface area contributed by atoms with Gasteiger partial charge in [-0.2, -0.15) is 0 Å². The minimum Gasteiger partial charge on any atom is -0.507 e. The summed E-state index contributed by atoms with van der Waals surface area (Å²) in [6.45, 7) is -0.373. The molecular formula is C27H20ClNO8. The van der Waals surface area contributed by atoms with Crippen LogP contribution >= 0.6 is 11.6 Å². The van der Waals surface area contributed by atoms with E-state index in [1.165, 1.54) is 19.4 Å². The van der Waals surface area contributed by atoms with Crippen LogP contribution in [-0.4, -0.2) is 30.7 Å². The lowest BCUT2D eigenvalue weighted by Crippen LogP contribution is -2.22. The summed E-state index contributed by atoms with van der Waals surface area (Å²) in [5, 5.41) is 11.2. The van der Waals surface area contributed by atoms with Gasteiger partial charge in [-0.3, -0.25) is 14.4 Å². The molecule has 0 fully saturated rings. The van der Waals surface area contributed by atoms with Crippen LogP contribution in [0.15, 0.2) is 64.0 Å². The monoisotopic (exact) mass is 521 g/mol. The molecule has 0 saturated carbocycles. The molecule has 1 amide bonds. The summed E-state index contributed by atoms with van der Waals surface area (Å²) in [6, 6.07) is 12.8. The summed E-state index contributed by atoms with van der Waals surface area (Å²) in [5.41, 5.74) is 6.65. The number of nitrogens with two attached hydrogens (primary N) is 1. The van der Waals surface area contributed by atoms with Gasteiger partial charge in [0.25, 0.3) is 5.91 Å². The van der Waals surface area contributed by atoms with E-state index >= 15 is 0 Å². The number of rotatable bonds is 6. The molecule has 1 aromatic heterocycles. The third kappa shape index (κ3) is 4.45. The lowest BCUT2D eigenvalue weighted by Gasteiger charge is -2.26. The highest BCUT2D eigenvalue weighted by molar-refractivity contribution is 6.30. The van der Waals surface area contributed by atoms with E-state index in [-0.39, 0.29) is 46.8 Å². The summed E-state index contributed by atoms with van der Waals surface area (Å²) < 4.78 is 22.1. The second-order valence-electron chi connectivity index (χ2n) is 8.39. The molecule has 10 heteroatoms. The quantitative estimate of drug-likeness (QED) is 0.285. The Hall–Kier alpha value is -4.50. The zero-order valence-corrected chi connectivity index (χ0v) is 20.2. The molecule has 4 aromatic rings. The molecule has 9 nitrogen and oxygen atoms in total. The first kappa shape index (κ1) is 24.2. The third-order valence-corrected chi connectivity index (χ3v) is 6.34. The van der Waals surface area contributed by atoms with Gasteiger partial charge in [0.1, 0.15) is 28.7 Å². The molecule has 1 atom stereocenters. The maximum Gasteiger partial charge on any atom is 0.312 e. The Morgan fingerprint density at radius 2 is 1.89 bits per heavy atom. The summed E-state index contributed by atoms with van der Waals surface area (Å²) in [5.74, 6) is -1.53. The number of halogens is 1. The van der Waals surface area contributed by atoms with E-state index in [2.05, 4.69) is 0 Å². The van der Waals surface area contributed by atoms with E-state index in [0.29, 0.717) is 27.5 Å². The van der Waals surface area contributed by atoms with Crippen LogP contribution in [0.3, 0.4) is 0 Å². The average molecular weight is 522 g/mol. The molecule has 3 aromatic carbocycles. The standard InChI is InChI=1S/C27H20ClNO8/c1-34-19-7-4-14(8-20(19)35-12-22(29)31)16-9-23(32)37-21-10-18(30)25-26(33)17(11-36-27(25)24(16)21)13-2-5-15(28)6-3-13/h2-8,10-11,16,30H,9,12H2,1H3,(H2,29,31). The molecule has 0 aliphatic carbocycles. The second-order valence-corrected chi connectivity index (χ2v) is 8.83. The number of amides is 1. The molecule has 0 spiro atoms. The Labute approximate surface area is 214 Å². The maximum atomic E-state index is 13.5. The largest absolute Gasteiger partial charge is 0.507 e. The molecular weight excluding hydrogens is 502 g/mol. The van der Waals surface area contributed by atoms with Crippen LogP contribution in [-0.2, 0) is 9.59 Å². The minimum absolute atomic E-state index is 0.0483. The van der Waals surface area contributed by atoms with Gasteiger partial charge in [0.2, 0.25) is 5.43 Å². The van der Waals surface area contributed by atoms with Crippen LogP contribution in [0.1, 0.15) is 23.5 Å². The lowest BCUT2D eigenvalue weighted by atomic mass is 9.84. The second kappa shape index (κ2) is 9.51. The first-order chi connectivity index (χ1) is 17.8. The predicted molar refractivity (Wildman–Crippen MR) is 134 cm³/mol. The van der Waals surface area contributed by atoms with Crippen LogP contribution in [0.2, 0.25) is 5.02 Å². The molecule has 0 bridgehead atoms. The van der Waals surface area contributed by atoms with E-state index in [4.69, 9.17) is 36.0 Å². The van der Waals surface area contributed by atoms with Crippen LogP contribution < -0.4 is 25.4 Å². The summed E-state index contributed by atoms with van der Waals surface area (Å²) >= 11 is 5.97. The number of phenols is 1. The zero-order chi connectivity index (χ0) is 26.3. The van der Waals surface area contributed by atoms with Gasteiger partial charge < -0.3 is 29.5 Å². The number of aromatic hydroxyl groups is 1. The molecule has 1 aliphatic heterocycles. The first-order valence-electron chi connectivity index (χ1n) is 11.1. The molecule has 0 radical (unpaired) electrons. The molecule has 1 unspecified atom stereocenters.